The summed E-state index contributed by atoms with van der Waals surface area (Å²) in [6, 6.07) is 27.7. The van der Waals surface area contributed by atoms with E-state index in [1.54, 1.807) is 0 Å². The van der Waals surface area contributed by atoms with Crippen molar-refractivity contribution < 1.29 is 24.2 Å². The molecule has 0 nitrogen and oxygen atoms in total. The molecule has 42 heavy (non-hydrogen) atoms. The van der Waals surface area contributed by atoms with Gasteiger partial charge >= 0.3 is 28.4 Å². The molecule has 0 radical (unpaired) electrons. The Labute approximate surface area is 286 Å². The monoisotopic (exact) mass is 680 g/mol. The normalized spacial score (nSPS) is 14.2. The summed E-state index contributed by atoms with van der Waals surface area (Å²) < 4.78 is 3.34. The van der Waals surface area contributed by atoms with Gasteiger partial charge < -0.3 is 7.43 Å². The van der Waals surface area contributed by atoms with E-state index >= 15 is 0 Å². The standard InChI is InChI=1S/C21H25.C10H15.C6H5.CH3.CH2.2ClH.Zr/c1-20(2,3)16-7-9-18-14(12-16)11-15-13-17(21(4,5)6)8-10-19(15)18;1-7(2)10-6-8(3)5-9(10)4;1-2-4-6-5-3-1;;;;;/h7-10,12H,11H2,1-6H3;6-8H,1-4H3;1-5H;1H3;1H2;2*1H;/q4*-1;;;;. The van der Waals surface area contributed by atoms with Gasteiger partial charge in [0.1, 0.15) is 0 Å². The van der Waals surface area contributed by atoms with E-state index in [9.17, 15) is 0 Å². The van der Waals surface area contributed by atoms with Crippen LogP contribution in [-0.2, 0) is 41.5 Å². The maximum Gasteiger partial charge on any atom is -0.171 e. The van der Waals surface area contributed by atoms with Gasteiger partial charge in [0, 0.05) is 0 Å². The van der Waals surface area contributed by atoms with Crippen LogP contribution in [0.4, 0.5) is 0 Å². The molecule has 0 aromatic heterocycles. The second-order valence-corrected chi connectivity index (χ2v) is 12.7. The zero-order valence-electron chi connectivity index (χ0n) is 27.7. The Morgan fingerprint density at radius 2 is 1.43 bits per heavy atom. The topological polar surface area (TPSA) is 0 Å². The first kappa shape index (κ1) is 42.6. The Bertz CT molecular complexity index is 1180. The molecule has 0 fully saturated rings. The van der Waals surface area contributed by atoms with Gasteiger partial charge in [0.2, 0.25) is 0 Å². The molecule has 0 saturated carbocycles. The number of hydrogen-bond donors (Lipinski definition) is 0. The van der Waals surface area contributed by atoms with Crippen molar-refractivity contribution in [2.24, 2.45) is 11.8 Å². The van der Waals surface area contributed by atoms with Gasteiger partial charge in [-0.3, -0.25) is 6.08 Å². The fraction of sp³-hybridized carbons (Fsp3) is 0.385. The van der Waals surface area contributed by atoms with Crippen LogP contribution in [0, 0.1) is 37.5 Å². The van der Waals surface area contributed by atoms with Crippen LogP contribution >= 0.6 is 24.8 Å². The van der Waals surface area contributed by atoms with E-state index in [2.05, 4.69) is 128 Å². The predicted molar refractivity (Wildman–Crippen MR) is 189 cm³/mol. The third-order valence-electron chi connectivity index (χ3n) is 7.00. The van der Waals surface area contributed by atoms with Crippen LogP contribution in [0.3, 0.4) is 0 Å². The molecule has 0 amide bonds. The first-order valence-corrected chi connectivity index (χ1v) is 15.8. The summed E-state index contributed by atoms with van der Waals surface area (Å²) in [7, 11) is 0. The molecular formula is C39H52Cl2Zr-4. The van der Waals surface area contributed by atoms with Gasteiger partial charge in [0.05, 0.1) is 0 Å². The predicted octanol–water partition coefficient (Wildman–Crippen LogP) is 11.4. The maximum atomic E-state index is 3.67. The average Bonchev–Trinajstić information content (AvgIpc) is 3.43. The van der Waals surface area contributed by atoms with Crippen LogP contribution in [0.5, 0.6) is 0 Å². The van der Waals surface area contributed by atoms with Gasteiger partial charge in [0.25, 0.3) is 0 Å². The molecule has 3 aromatic rings. The van der Waals surface area contributed by atoms with Crippen molar-refractivity contribution in [3.8, 4) is 11.1 Å². The summed E-state index contributed by atoms with van der Waals surface area (Å²) in [5, 5.41) is 0. The van der Waals surface area contributed by atoms with Crippen LogP contribution in [-0.4, -0.2) is 4.21 Å². The molecule has 1 unspecified atom stereocenters. The molecule has 0 spiro atoms. The Morgan fingerprint density at radius 3 is 1.81 bits per heavy atom. The molecule has 0 saturated heterocycles. The van der Waals surface area contributed by atoms with Crippen LogP contribution in [0.15, 0.2) is 77.9 Å². The summed E-state index contributed by atoms with van der Waals surface area (Å²) in [6.45, 7) is 22.4. The minimum absolute atomic E-state index is 0. The van der Waals surface area contributed by atoms with E-state index in [-0.39, 0.29) is 43.1 Å². The van der Waals surface area contributed by atoms with Crippen molar-refractivity contribution in [3.05, 3.63) is 126 Å². The van der Waals surface area contributed by atoms with Crippen molar-refractivity contribution in [2.75, 3.05) is 0 Å². The second kappa shape index (κ2) is 19.0. The maximum absolute atomic E-state index is 3.67. The number of fused-ring (bicyclic) bond motifs is 3. The molecule has 0 N–H and O–H groups in total. The summed E-state index contributed by atoms with van der Waals surface area (Å²) in [5.41, 5.74) is 11.5. The minimum atomic E-state index is 0. The summed E-state index contributed by atoms with van der Waals surface area (Å²) >= 11 is 1.30. The van der Waals surface area contributed by atoms with E-state index in [0.717, 1.165) is 6.42 Å². The molecule has 3 heteroatoms. The van der Waals surface area contributed by atoms with Crippen molar-refractivity contribution in [3.63, 3.8) is 0 Å². The molecule has 2 aliphatic rings. The molecule has 0 aliphatic heterocycles. The fourth-order valence-corrected chi connectivity index (χ4v) is 4.86. The van der Waals surface area contributed by atoms with Crippen molar-refractivity contribution in [2.45, 2.75) is 86.5 Å². The quantitative estimate of drug-likeness (QED) is 0.175. The average molecular weight is 683 g/mol. The van der Waals surface area contributed by atoms with Crippen molar-refractivity contribution in [1.82, 2.24) is 0 Å². The first-order chi connectivity index (χ1) is 18.3. The Morgan fingerprint density at radius 1 is 0.857 bits per heavy atom. The van der Waals surface area contributed by atoms with Crippen molar-refractivity contribution in [1.29, 1.82) is 0 Å². The molecule has 1 atom stereocenters. The smallest absolute Gasteiger partial charge is 0.171 e. The molecule has 0 heterocycles. The first-order valence-electron chi connectivity index (χ1n) is 14.1. The van der Waals surface area contributed by atoms with Gasteiger partial charge in [0.15, 0.2) is 0 Å². The Kier molecular flexibility index (Phi) is 19.3. The third kappa shape index (κ3) is 12.2. The largest absolute Gasteiger partial charge is 0.358 e. The number of benzene rings is 3. The van der Waals surface area contributed by atoms with Crippen LogP contribution in [0.1, 0.15) is 91.5 Å². The molecule has 0 bridgehead atoms. The third-order valence-corrected chi connectivity index (χ3v) is 7.00. The zero-order chi connectivity index (χ0) is 29.4. The second-order valence-electron chi connectivity index (χ2n) is 12.7. The SMILES string of the molecule is CC(C)(C)c1[c-]c2c(cc1)-c1ccc(C(C)(C)C)cc1C2.CC1=[C-]C(C)C=C1C(C)C.Cl.Cl.[CH2]=[Zr].[CH3-].[c-]1ccccc1. The number of allylic oxidation sites excluding steroid dienone is 4. The van der Waals surface area contributed by atoms with Gasteiger partial charge in [-0.1, -0.05) is 105 Å². The van der Waals surface area contributed by atoms with Crippen LogP contribution < -0.4 is 0 Å². The van der Waals surface area contributed by atoms with Crippen LogP contribution in [0.25, 0.3) is 11.1 Å². The van der Waals surface area contributed by atoms with E-state index in [1.165, 1.54) is 68.8 Å². The van der Waals surface area contributed by atoms with E-state index in [4.69, 9.17) is 0 Å². The molecular weight excluding hydrogens is 631 g/mol. The summed E-state index contributed by atoms with van der Waals surface area (Å²) in [6.07, 6.45) is 6.70. The zero-order valence-corrected chi connectivity index (χ0v) is 31.8. The molecule has 5 rings (SSSR count). The molecule has 3 aromatic carbocycles. The Hall–Kier alpha value is -1.53. The fourth-order valence-electron chi connectivity index (χ4n) is 4.86. The van der Waals surface area contributed by atoms with Gasteiger partial charge in [-0.25, -0.2) is 5.57 Å². The molecule has 230 valence electrons. The number of rotatable bonds is 1. The molecule has 2 aliphatic carbocycles. The van der Waals surface area contributed by atoms with Crippen molar-refractivity contribution >= 4 is 29.0 Å². The van der Waals surface area contributed by atoms with E-state index in [0.29, 0.717) is 11.8 Å². The van der Waals surface area contributed by atoms with Crippen LogP contribution in [0.2, 0.25) is 0 Å². The van der Waals surface area contributed by atoms with E-state index < -0.39 is 0 Å². The van der Waals surface area contributed by atoms with Gasteiger partial charge in [-0.15, -0.1) is 35.9 Å². The number of halogens is 2. The van der Waals surface area contributed by atoms with Gasteiger partial charge in [-0.2, -0.15) is 71.8 Å². The minimum Gasteiger partial charge on any atom is -0.358 e. The summed E-state index contributed by atoms with van der Waals surface area (Å²) in [5.74, 6) is 1.20. The van der Waals surface area contributed by atoms with Gasteiger partial charge in [-0.05, 0) is 28.4 Å². The summed E-state index contributed by atoms with van der Waals surface area (Å²) in [4.78, 5) is 0. The van der Waals surface area contributed by atoms with E-state index in [1.807, 2.05) is 30.3 Å². The number of hydrogen-bond acceptors (Lipinski definition) is 0. The Balaban J connectivity index is 0.